The maximum Gasteiger partial charge on any atom is 0.490 e. The number of halogens is 6. The number of aliphatic carboxylic acids is 2. The van der Waals surface area contributed by atoms with Gasteiger partial charge in [0, 0.05) is 32.7 Å². The monoisotopic (exact) mass is 557 g/mol. The number of alkyl halides is 6. The Kier molecular flexibility index (Phi) is 10.4. The molecule has 3 saturated heterocycles. The van der Waals surface area contributed by atoms with E-state index in [1.54, 1.807) is 4.31 Å². The lowest BCUT2D eigenvalue weighted by Gasteiger charge is -2.37. The molecule has 2 atom stereocenters. The van der Waals surface area contributed by atoms with Crippen LogP contribution < -0.4 is 0 Å². The molecule has 1 saturated carbocycles. The molecule has 36 heavy (non-hydrogen) atoms. The van der Waals surface area contributed by atoms with Gasteiger partial charge in [0.15, 0.2) is 0 Å². The largest absolute Gasteiger partial charge is 0.490 e. The maximum atomic E-state index is 12.5. The summed E-state index contributed by atoms with van der Waals surface area (Å²) < 4.78 is 96.0. The van der Waals surface area contributed by atoms with E-state index in [-0.39, 0.29) is 17.4 Å². The molecule has 4 rings (SSSR count). The summed E-state index contributed by atoms with van der Waals surface area (Å²) in [6.07, 6.45) is -5.77. The fraction of sp³-hybridized carbons (Fsp3) is 0.895. The summed E-state index contributed by atoms with van der Waals surface area (Å²) in [6, 6.07) is 0.255. The van der Waals surface area contributed by atoms with Gasteiger partial charge in [-0.1, -0.05) is 0 Å². The van der Waals surface area contributed by atoms with Gasteiger partial charge >= 0.3 is 24.3 Å². The molecule has 0 spiro atoms. The number of rotatable bonds is 5. The van der Waals surface area contributed by atoms with Gasteiger partial charge in [-0.2, -0.15) is 30.6 Å². The van der Waals surface area contributed by atoms with Crippen molar-refractivity contribution in [3.63, 3.8) is 0 Å². The van der Waals surface area contributed by atoms with Crippen LogP contribution in [0.25, 0.3) is 0 Å². The van der Waals surface area contributed by atoms with E-state index in [1.165, 1.54) is 25.9 Å². The first-order valence-corrected chi connectivity index (χ1v) is 12.7. The average Bonchev–Trinajstić information content (AvgIpc) is 3.32. The van der Waals surface area contributed by atoms with Crippen LogP contribution >= 0.6 is 0 Å². The summed E-state index contributed by atoms with van der Waals surface area (Å²) >= 11 is 0. The molecule has 10 nitrogen and oxygen atoms in total. The summed E-state index contributed by atoms with van der Waals surface area (Å²) in [5.74, 6) is -5.51. The summed E-state index contributed by atoms with van der Waals surface area (Å²) in [6.45, 7) is 7.46. The minimum atomic E-state index is -5.08. The van der Waals surface area contributed by atoms with E-state index in [0.717, 1.165) is 39.1 Å². The molecule has 4 aliphatic rings. The van der Waals surface area contributed by atoms with Crippen molar-refractivity contribution in [1.29, 1.82) is 0 Å². The molecule has 0 amide bonds. The van der Waals surface area contributed by atoms with Gasteiger partial charge in [0.2, 0.25) is 10.0 Å². The highest BCUT2D eigenvalue weighted by Gasteiger charge is 2.48. The van der Waals surface area contributed by atoms with Gasteiger partial charge in [0.1, 0.15) is 0 Å². The van der Waals surface area contributed by atoms with Crippen molar-refractivity contribution < 1.29 is 59.3 Å². The molecule has 3 heterocycles. The number of likely N-dealkylation sites (tertiary alicyclic amines) is 1. The van der Waals surface area contributed by atoms with Gasteiger partial charge in [-0.15, -0.1) is 0 Å². The smallest absolute Gasteiger partial charge is 0.475 e. The summed E-state index contributed by atoms with van der Waals surface area (Å²) in [5.41, 5.74) is 0. The zero-order valence-corrected chi connectivity index (χ0v) is 20.0. The molecule has 0 aromatic rings. The van der Waals surface area contributed by atoms with E-state index in [4.69, 9.17) is 24.5 Å². The van der Waals surface area contributed by atoms with Crippen LogP contribution in [0.2, 0.25) is 0 Å². The molecule has 0 bridgehead atoms. The van der Waals surface area contributed by atoms with Gasteiger partial charge in [-0.05, 0) is 38.8 Å². The molecule has 0 unspecified atom stereocenters. The Morgan fingerprint density at radius 1 is 0.861 bits per heavy atom. The topological polar surface area (TPSA) is 128 Å². The lowest BCUT2D eigenvalue weighted by Crippen LogP contribution is -2.52. The Bertz CT molecular complexity index is 837. The molecule has 0 aromatic heterocycles. The van der Waals surface area contributed by atoms with Crippen molar-refractivity contribution in [2.75, 3.05) is 52.4 Å². The van der Waals surface area contributed by atoms with Crippen molar-refractivity contribution in [3.05, 3.63) is 0 Å². The van der Waals surface area contributed by atoms with Gasteiger partial charge in [-0.25, -0.2) is 18.0 Å². The number of fused-ring (bicyclic) bond motifs is 1. The zero-order chi connectivity index (χ0) is 27.3. The van der Waals surface area contributed by atoms with E-state index >= 15 is 0 Å². The molecule has 210 valence electrons. The molecule has 17 heteroatoms. The summed E-state index contributed by atoms with van der Waals surface area (Å²) in [4.78, 5) is 22.8. The SMILES string of the molecule is O=C(O)C(F)(F)F.O=C(O)C(F)(F)F.O=S(=O)(C1CC1)N1C[C@@H]2OCCN(CCN3CCCC3)[C@@H]2C1. The number of ether oxygens (including phenoxy) is 1. The number of carboxylic acids is 2. The quantitative estimate of drug-likeness (QED) is 0.480. The average molecular weight is 558 g/mol. The second-order valence-corrected chi connectivity index (χ2v) is 10.9. The predicted molar refractivity (Wildman–Crippen MR) is 112 cm³/mol. The van der Waals surface area contributed by atoms with Crippen molar-refractivity contribution in [2.45, 2.75) is 55.4 Å². The van der Waals surface area contributed by atoms with Gasteiger partial charge in [0.05, 0.1) is 24.0 Å². The summed E-state index contributed by atoms with van der Waals surface area (Å²) in [5, 5.41) is 14.1. The number of morpholine rings is 1. The molecular formula is C19H29F6N3O7S. The second kappa shape index (κ2) is 12.2. The number of hydrogen-bond acceptors (Lipinski definition) is 7. The molecule has 0 aromatic carbocycles. The summed E-state index contributed by atoms with van der Waals surface area (Å²) in [7, 11) is -3.06. The Hall–Kier alpha value is -1.69. The molecule has 2 N–H and O–H groups in total. The minimum absolute atomic E-state index is 0.0702. The van der Waals surface area contributed by atoms with Crippen LogP contribution in [0.3, 0.4) is 0 Å². The third-order valence-electron chi connectivity index (χ3n) is 6.08. The number of nitrogens with zero attached hydrogens (tertiary/aromatic N) is 3. The Morgan fingerprint density at radius 2 is 1.36 bits per heavy atom. The molecule has 3 aliphatic heterocycles. The zero-order valence-electron chi connectivity index (χ0n) is 19.2. The second-order valence-electron chi connectivity index (χ2n) is 8.73. The van der Waals surface area contributed by atoms with Crippen LogP contribution in [-0.2, 0) is 24.3 Å². The first-order valence-electron chi connectivity index (χ1n) is 11.2. The number of hydrogen-bond donors (Lipinski definition) is 2. The predicted octanol–water partition coefficient (Wildman–Crippen LogP) is 1.23. The van der Waals surface area contributed by atoms with E-state index < -0.39 is 34.3 Å². The normalized spacial score (nSPS) is 25.8. The highest BCUT2D eigenvalue weighted by atomic mass is 32.2. The van der Waals surface area contributed by atoms with Crippen LogP contribution in [0, 0.1) is 0 Å². The Balaban J connectivity index is 0.000000271. The van der Waals surface area contributed by atoms with Crippen molar-refractivity contribution in [2.24, 2.45) is 0 Å². The van der Waals surface area contributed by atoms with Crippen LogP contribution in [0.15, 0.2) is 0 Å². The van der Waals surface area contributed by atoms with E-state index in [0.29, 0.717) is 13.1 Å². The third kappa shape index (κ3) is 9.00. The maximum absolute atomic E-state index is 12.5. The molecule has 4 fully saturated rings. The van der Waals surface area contributed by atoms with Crippen LogP contribution in [0.5, 0.6) is 0 Å². The standard InChI is InChI=1S/C15H27N3O3S.2C2HF3O2/c19-22(20,13-3-4-13)18-11-14-15(12-18)21-10-9-17(14)8-7-16-5-1-2-6-16;2*3-2(4,5)1(6)7/h13-15H,1-12H2;2*(H,6,7)/t14-,15+;;/m1../s1. The highest BCUT2D eigenvalue weighted by molar-refractivity contribution is 7.90. The minimum Gasteiger partial charge on any atom is -0.475 e. The van der Waals surface area contributed by atoms with E-state index in [1.807, 2.05) is 0 Å². The fourth-order valence-electron chi connectivity index (χ4n) is 4.06. The number of sulfonamides is 1. The Morgan fingerprint density at radius 3 is 1.81 bits per heavy atom. The van der Waals surface area contributed by atoms with Crippen molar-refractivity contribution in [1.82, 2.24) is 14.1 Å². The fourth-order valence-corrected chi connectivity index (χ4v) is 5.93. The number of carboxylic acid groups (broad SMARTS) is 2. The van der Waals surface area contributed by atoms with Crippen LogP contribution in [0.4, 0.5) is 26.3 Å². The Labute approximate surface area is 203 Å². The lowest BCUT2D eigenvalue weighted by atomic mass is 10.1. The van der Waals surface area contributed by atoms with E-state index in [2.05, 4.69) is 9.80 Å². The first kappa shape index (κ1) is 30.5. The first-order chi connectivity index (χ1) is 16.5. The van der Waals surface area contributed by atoms with Crippen molar-refractivity contribution >= 4 is 22.0 Å². The molecule has 0 radical (unpaired) electrons. The number of carbonyl (C=O) groups is 2. The lowest BCUT2D eigenvalue weighted by molar-refractivity contribution is -0.193. The third-order valence-corrected chi connectivity index (χ3v) is 8.41. The van der Waals surface area contributed by atoms with Gasteiger partial charge in [0.25, 0.3) is 0 Å². The van der Waals surface area contributed by atoms with Crippen LogP contribution in [0.1, 0.15) is 25.7 Å². The van der Waals surface area contributed by atoms with Crippen LogP contribution in [-0.4, -0.2) is 127 Å². The van der Waals surface area contributed by atoms with Gasteiger partial charge in [-0.3, -0.25) is 4.90 Å². The highest BCUT2D eigenvalue weighted by Crippen LogP contribution is 2.34. The molecule has 1 aliphatic carbocycles. The van der Waals surface area contributed by atoms with E-state index in [9.17, 15) is 34.8 Å². The molecular weight excluding hydrogens is 528 g/mol. The van der Waals surface area contributed by atoms with Gasteiger partial charge < -0.3 is 19.8 Å². The van der Waals surface area contributed by atoms with Crippen molar-refractivity contribution in [3.8, 4) is 0 Å².